The molecule has 0 fully saturated rings. The number of nitrogens with one attached hydrogen (secondary N) is 1. The zero-order chi connectivity index (χ0) is 13.9. The van der Waals surface area contributed by atoms with Crippen LogP contribution in [0.25, 0.3) is 0 Å². The van der Waals surface area contributed by atoms with Gasteiger partial charge in [-0.3, -0.25) is 0 Å². The molecule has 1 heterocycles. The maximum atomic E-state index is 12.6. The van der Waals surface area contributed by atoms with Gasteiger partial charge in [0, 0.05) is 13.0 Å². The van der Waals surface area contributed by atoms with Crippen molar-refractivity contribution in [2.75, 3.05) is 11.9 Å². The molecule has 0 aliphatic carbocycles. The van der Waals surface area contributed by atoms with Gasteiger partial charge in [0.2, 0.25) is 0 Å². The van der Waals surface area contributed by atoms with Crippen LogP contribution in [0.4, 0.5) is 19.2 Å². The Morgan fingerprint density at radius 3 is 2.79 bits per heavy atom. The van der Waals surface area contributed by atoms with Crippen molar-refractivity contribution >= 4 is 6.01 Å². The highest BCUT2D eigenvalue weighted by Gasteiger charge is 2.30. The number of benzene rings is 1. The average Bonchev–Trinajstić information content (AvgIpc) is 2.76. The maximum Gasteiger partial charge on any atom is 0.416 e. The summed E-state index contributed by atoms with van der Waals surface area (Å²) in [5, 5.41) is 6.52. The summed E-state index contributed by atoms with van der Waals surface area (Å²) in [6, 6.07) is 5.35. The third kappa shape index (κ3) is 3.46. The molecule has 0 radical (unpaired) electrons. The van der Waals surface area contributed by atoms with Gasteiger partial charge >= 0.3 is 12.2 Å². The minimum absolute atomic E-state index is 0.193. The van der Waals surface area contributed by atoms with Crippen molar-refractivity contribution in [2.24, 2.45) is 0 Å². The monoisotopic (exact) mass is 271 g/mol. The van der Waals surface area contributed by atoms with E-state index in [1.54, 1.807) is 6.07 Å². The molecule has 4 nitrogen and oxygen atoms in total. The van der Waals surface area contributed by atoms with Crippen LogP contribution in [-0.4, -0.2) is 16.7 Å². The lowest BCUT2D eigenvalue weighted by Crippen LogP contribution is -2.05. The highest BCUT2D eigenvalue weighted by Crippen LogP contribution is 2.29. The Kier molecular flexibility index (Phi) is 3.73. The lowest BCUT2D eigenvalue weighted by Gasteiger charge is -2.07. The van der Waals surface area contributed by atoms with Crippen molar-refractivity contribution in [3.05, 3.63) is 41.2 Å². The number of hydrogen-bond donors (Lipinski definition) is 1. The van der Waals surface area contributed by atoms with Crippen LogP contribution in [0.2, 0.25) is 0 Å². The summed E-state index contributed by atoms with van der Waals surface area (Å²) >= 11 is 0. The van der Waals surface area contributed by atoms with Gasteiger partial charge in [0.15, 0.2) is 5.82 Å². The fourth-order valence-electron chi connectivity index (χ4n) is 1.59. The molecule has 1 aromatic heterocycles. The first-order valence-electron chi connectivity index (χ1n) is 5.71. The fourth-order valence-corrected chi connectivity index (χ4v) is 1.59. The Bertz CT molecular complexity index is 551. The summed E-state index contributed by atoms with van der Waals surface area (Å²) in [6.07, 6.45) is -4.15. The second-order valence-electron chi connectivity index (χ2n) is 3.92. The molecule has 0 unspecified atom stereocenters. The summed E-state index contributed by atoms with van der Waals surface area (Å²) in [5.74, 6) is 0.343. The molecule has 1 aromatic carbocycles. The summed E-state index contributed by atoms with van der Waals surface area (Å²) in [4.78, 5) is 4.02. The molecule has 0 saturated carbocycles. The molecule has 0 saturated heterocycles. The number of alkyl halides is 3. The predicted molar refractivity (Wildman–Crippen MR) is 62.7 cm³/mol. The first-order valence-corrected chi connectivity index (χ1v) is 5.71. The van der Waals surface area contributed by atoms with E-state index in [1.165, 1.54) is 6.07 Å². The van der Waals surface area contributed by atoms with Gasteiger partial charge in [-0.05, 0) is 18.6 Å². The smallest absolute Gasteiger partial charge is 0.338 e. The van der Waals surface area contributed by atoms with Crippen molar-refractivity contribution in [1.82, 2.24) is 10.1 Å². The topological polar surface area (TPSA) is 51.0 Å². The number of anilines is 1. The van der Waals surface area contributed by atoms with Gasteiger partial charge in [-0.1, -0.05) is 23.4 Å². The van der Waals surface area contributed by atoms with Crippen LogP contribution >= 0.6 is 0 Å². The Morgan fingerprint density at radius 1 is 1.32 bits per heavy atom. The lowest BCUT2D eigenvalue weighted by atomic mass is 10.1. The number of halogens is 3. The van der Waals surface area contributed by atoms with Crippen molar-refractivity contribution in [1.29, 1.82) is 0 Å². The highest BCUT2D eigenvalue weighted by molar-refractivity contribution is 5.28. The Hall–Kier alpha value is -2.05. The van der Waals surface area contributed by atoms with E-state index < -0.39 is 11.7 Å². The van der Waals surface area contributed by atoms with E-state index in [4.69, 9.17) is 4.52 Å². The van der Waals surface area contributed by atoms with E-state index >= 15 is 0 Å². The van der Waals surface area contributed by atoms with E-state index in [0.29, 0.717) is 17.9 Å². The first kappa shape index (κ1) is 13.4. The van der Waals surface area contributed by atoms with E-state index in [9.17, 15) is 13.2 Å². The molecule has 0 aliphatic rings. The number of aromatic nitrogens is 2. The van der Waals surface area contributed by atoms with Crippen molar-refractivity contribution in [2.45, 2.75) is 19.5 Å². The SMILES string of the molecule is CCNc1nc(Cc2cccc(C(F)(F)F)c2)no1. The van der Waals surface area contributed by atoms with Gasteiger partial charge in [-0.2, -0.15) is 18.2 Å². The van der Waals surface area contributed by atoms with E-state index in [0.717, 1.165) is 12.1 Å². The predicted octanol–water partition coefficient (Wildman–Crippen LogP) is 3.11. The van der Waals surface area contributed by atoms with Crippen LogP contribution in [0.3, 0.4) is 0 Å². The van der Waals surface area contributed by atoms with Crippen LogP contribution in [-0.2, 0) is 12.6 Å². The number of rotatable bonds is 4. The average molecular weight is 271 g/mol. The number of hydrogen-bond acceptors (Lipinski definition) is 4. The zero-order valence-electron chi connectivity index (χ0n) is 10.2. The molecule has 19 heavy (non-hydrogen) atoms. The normalized spacial score (nSPS) is 11.6. The van der Waals surface area contributed by atoms with Crippen molar-refractivity contribution in [3.8, 4) is 0 Å². The molecule has 7 heteroatoms. The fraction of sp³-hybridized carbons (Fsp3) is 0.333. The van der Waals surface area contributed by atoms with Crippen LogP contribution in [0.1, 0.15) is 23.9 Å². The standard InChI is InChI=1S/C12H12F3N3O/c1-2-16-11-17-10(18-19-11)7-8-4-3-5-9(6-8)12(13,14)15/h3-6H,2,7H2,1H3,(H,16,17,18). The molecule has 2 rings (SSSR count). The second kappa shape index (κ2) is 5.29. The van der Waals surface area contributed by atoms with Gasteiger partial charge in [-0.25, -0.2) is 0 Å². The van der Waals surface area contributed by atoms with Crippen molar-refractivity contribution < 1.29 is 17.7 Å². The minimum atomic E-state index is -4.35. The van der Waals surface area contributed by atoms with Crippen LogP contribution < -0.4 is 5.32 Å². The van der Waals surface area contributed by atoms with Crippen LogP contribution in [0.5, 0.6) is 0 Å². The molecular formula is C12H12F3N3O. The Morgan fingerprint density at radius 2 is 2.11 bits per heavy atom. The molecule has 0 aliphatic heterocycles. The minimum Gasteiger partial charge on any atom is -0.338 e. The largest absolute Gasteiger partial charge is 0.416 e. The van der Waals surface area contributed by atoms with Gasteiger partial charge in [0.1, 0.15) is 0 Å². The van der Waals surface area contributed by atoms with E-state index in [2.05, 4.69) is 15.5 Å². The van der Waals surface area contributed by atoms with Crippen molar-refractivity contribution in [3.63, 3.8) is 0 Å². The molecule has 0 bridgehead atoms. The van der Waals surface area contributed by atoms with E-state index in [1.807, 2.05) is 6.92 Å². The van der Waals surface area contributed by atoms with Gasteiger partial charge in [0.25, 0.3) is 0 Å². The molecule has 102 valence electrons. The lowest BCUT2D eigenvalue weighted by molar-refractivity contribution is -0.137. The maximum absolute atomic E-state index is 12.6. The molecule has 0 spiro atoms. The summed E-state index contributed by atoms with van der Waals surface area (Å²) < 4.78 is 42.5. The molecule has 2 aromatic rings. The highest BCUT2D eigenvalue weighted by atomic mass is 19.4. The van der Waals surface area contributed by atoms with Gasteiger partial charge in [-0.15, -0.1) is 0 Å². The second-order valence-corrected chi connectivity index (χ2v) is 3.92. The van der Waals surface area contributed by atoms with Gasteiger partial charge in [0.05, 0.1) is 5.56 Å². The molecule has 1 N–H and O–H groups in total. The molecule has 0 amide bonds. The number of nitrogens with zero attached hydrogens (tertiary/aromatic N) is 2. The van der Waals surface area contributed by atoms with Crippen LogP contribution in [0.15, 0.2) is 28.8 Å². The summed E-state index contributed by atoms with van der Waals surface area (Å²) in [6.45, 7) is 2.50. The summed E-state index contributed by atoms with van der Waals surface area (Å²) in [7, 11) is 0. The van der Waals surface area contributed by atoms with Gasteiger partial charge < -0.3 is 9.84 Å². The Labute approximate surface area is 107 Å². The quantitative estimate of drug-likeness (QED) is 0.928. The zero-order valence-corrected chi connectivity index (χ0v) is 10.2. The Balaban J connectivity index is 2.14. The van der Waals surface area contributed by atoms with Crippen LogP contribution in [0, 0.1) is 0 Å². The third-order valence-corrected chi connectivity index (χ3v) is 2.41. The summed E-state index contributed by atoms with van der Waals surface area (Å²) in [5.41, 5.74) is -0.195. The third-order valence-electron chi connectivity index (χ3n) is 2.41. The first-order chi connectivity index (χ1) is 8.99. The van der Waals surface area contributed by atoms with E-state index in [-0.39, 0.29) is 12.4 Å². The molecular weight excluding hydrogens is 259 g/mol. The molecule has 0 atom stereocenters.